The van der Waals surface area contributed by atoms with Crippen molar-refractivity contribution in [2.75, 3.05) is 4.90 Å². The monoisotopic (exact) mass is 452 g/mol. The van der Waals surface area contributed by atoms with E-state index in [1.165, 1.54) is 0 Å². The van der Waals surface area contributed by atoms with Crippen LogP contribution in [-0.4, -0.2) is 10.5 Å². The Morgan fingerprint density at radius 3 is 1.03 bits per heavy atom. The second-order valence-electron chi connectivity index (χ2n) is 4.86. The minimum Gasteiger partial charge on any atom is -0.360 e. The van der Waals surface area contributed by atoms with E-state index in [2.05, 4.69) is 5.73 Å². The molecule has 156 valence electrons. The Labute approximate surface area is 156 Å². The number of nitrogens with zero attached hydrogens (tertiary/aromatic N) is 1. The summed E-state index contributed by atoms with van der Waals surface area (Å²) in [6.45, 7) is 0. The van der Waals surface area contributed by atoms with E-state index >= 15 is 0 Å². The van der Waals surface area contributed by atoms with Gasteiger partial charge >= 0.3 is 0 Å². The first-order valence-corrected chi connectivity index (χ1v) is 7.48. The number of hydrogen-bond donors (Lipinski definition) is 1. The quantitative estimate of drug-likeness (QED) is 0.390. The molecule has 0 atom stereocenters. The molecule has 0 heterocycles. The minimum atomic E-state index is -2.80. The van der Waals surface area contributed by atoms with Crippen molar-refractivity contribution in [2.24, 2.45) is 5.73 Å². The molecule has 0 spiro atoms. The summed E-state index contributed by atoms with van der Waals surface area (Å²) in [6, 6.07) is 0. The van der Waals surface area contributed by atoms with Gasteiger partial charge in [0, 0.05) is 11.8 Å². The van der Waals surface area contributed by atoms with Crippen LogP contribution in [0, 0.1) is 58.2 Å². The Balaban J connectivity index is 3.01. The fourth-order valence-electron chi connectivity index (χ4n) is 2.01. The van der Waals surface area contributed by atoms with Gasteiger partial charge in [0.15, 0.2) is 46.5 Å². The van der Waals surface area contributed by atoms with Crippen molar-refractivity contribution in [3.63, 3.8) is 0 Å². The Morgan fingerprint density at radius 1 is 0.552 bits per heavy atom. The van der Waals surface area contributed by atoms with Gasteiger partial charge in [-0.25, -0.2) is 43.9 Å². The number of benzene rings is 2. The fraction of sp³-hybridized carbons (Fsp3) is 0. The first-order chi connectivity index (χ1) is 13.3. The van der Waals surface area contributed by atoms with Crippen molar-refractivity contribution in [1.29, 1.82) is 0 Å². The van der Waals surface area contributed by atoms with Crippen LogP contribution in [0.25, 0.3) is 0 Å². The average Bonchev–Trinajstić information content (AvgIpc) is 2.66. The predicted molar refractivity (Wildman–Crippen MR) is 77.2 cm³/mol. The lowest BCUT2D eigenvalue weighted by Gasteiger charge is -2.24. The maximum atomic E-state index is 14.0. The number of hydrogen-bond acceptors (Lipinski definition) is 3. The largest absolute Gasteiger partial charge is 0.360 e. The summed E-state index contributed by atoms with van der Waals surface area (Å²) >= 11 is -0.799. The lowest BCUT2D eigenvalue weighted by molar-refractivity contribution is 0.263. The summed E-state index contributed by atoms with van der Waals surface area (Å²) in [5.74, 6) is -27.9. The lowest BCUT2D eigenvalue weighted by atomic mass is 10.2. The molecule has 2 N–H and O–H groups in total. The van der Waals surface area contributed by atoms with Crippen LogP contribution in [-0.2, 0) is 0 Å². The van der Waals surface area contributed by atoms with Crippen molar-refractivity contribution in [1.82, 2.24) is 0 Å². The van der Waals surface area contributed by atoms with E-state index in [1.54, 1.807) is 0 Å². The number of anilines is 2. The lowest BCUT2D eigenvalue weighted by Crippen LogP contribution is -2.30. The SMILES string of the molecule is NC(=O)SC(=O)N(c1c(F)c(F)c(F)c(F)c1F)c1c(F)c(F)c(F)c(F)c1F. The van der Waals surface area contributed by atoms with E-state index in [-0.39, 0.29) is 0 Å². The van der Waals surface area contributed by atoms with Crippen molar-refractivity contribution in [2.45, 2.75) is 0 Å². The zero-order chi connectivity index (χ0) is 22.4. The molecule has 0 bridgehead atoms. The van der Waals surface area contributed by atoms with Gasteiger partial charge in [-0.05, 0) is 0 Å². The molecule has 4 nitrogen and oxygen atoms in total. The van der Waals surface area contributed by atoms with Gasteiger partial charge in [-0.1, -0.05) is 0 Å². The number of halogens is 10. The van der Waals surface area contributed by atoms with Gasteiger partial charge in [-0.3, -0.25) is 14.5 Å². The number of primary amides is 1. The Hall–Kier alpha value is -2.97. The third-order valence-corrected chi connectivity index (χ3v) is 3.75. The van der Waals surface area contributed by atoms with Gasteiger partial charge in [-0.2, -0.15) is 0 Å². The zero-order valence-electron chi connectivity index (χ0n) is 13.0. The van der Waals surface area contributed by atoms with E-state index in [0.29, 0.717) is 0 Å². The minimum absolute atomic E-state index is 0.799. The zero-order valence-corrected chi connectivity index (χ0v) is 13.8. The molecule has 0 saturated heterocycles. The molecule has 0 saturated carbocycles. The molecule has 15 heteroatoms. The third-order valence-electron chi connectivity index (χ3n) is 3.19. The van der Waals surface area contributed by atoms with Gasteiger partial charge in [0.1, 0.15) is 11.4 Å². The van der Waals surface area contributed by atoms with E-state index in [0.717, 1.165) is 0 Å². The van der Waals surface area contributed by atoms with Crippen molar-refractivity contribution < 1.29 is 53.5 Å². The Kier molecular flexibility index (Phi) is 6.01. The predicted octanol–water partition coefficient (Wildman–Crippen LogP) is 5.15. The van der Waals surface area contributed by atoms with Gasteiger partial charge in [0.2, 0.25) is 11.6 Å². The van der Waals surface area contributed by atoms with Crippen LogP contribution in [0.5, 0.6) is 0 Å². The molecule has 0 radical (unpaired) electrons. The van der Waals surface area contributed by atoms with Crippen molar-refractivity contribution >= 4 is 33.6 Å². The molecule has 0 aliphatic carbocycles. The molecular formula is C14H2F10N2O2S. The van der Waals surface area contributed by atoms with Crippen molar-refractivity contribution in [3.8, 4) is 0 Å². The molecule has 2 amide bonds. The summed E-state index contributed by atoms with van der Waals surface area (Å²) in [4.78, 5) is 21.8. The first-order valence-electron chi connectivity index (χ1n) is 6.67. The summed E-state index contributed by atoms with van der Waals surface area (Å²) in [5, 5.41) is -3.96. The maximum Gasteiger partial charge on any atom is 0.300 e. The number of nitrogens with two attached hydrogens (primary N) is 1. The molecule has 0 unspecified atom stereocenters. The molecule has 0 aliphatic rings. The molecule has 2 aromatic rings. The van der Waals surface area contributed by atoms with E-state index < -0.39 is 96.7 Å². The van der Waals surface area contributed by atoms with Crippen LogP contribution in [0.15, 0.2) is 0 Å². The fourth-order valence-corrected chi connectivity index (χ4v) is 2.45. The summed E-state index contributed by atoms with van der Waals surface area (Å²) in [5.41, 5.74) is -0.235. The molecule has 0 aliphatic heterocycles. The topological polar surface area (TPSA) is 63.4 Å². The molecule has 2 rings (SSSR count). The second kappa shape index (κ2) is 7.81. The number of carbonyl (C=O) groups is 2. The van der Waals surface area contributed by atoms with Crippen LogP contribution in [0.3, 0.4) is 0 Å². The van der Waals surface area contributed by atoms with Crippen LogP contribution in [0.1, 0.15) is 0 Å². The van der Waals surface area contributed by atoms with E-state index in [9.17, 15) is 53.5 Å². The van der Waals surface area contributed by atoms with Gasteiger partial charge in [0.25, 0.3) is 10.5 Å². The van der Waals surface area contributed by atoms with Crippen LogP contribution in [0.2, 0.25) is 0 Å². The molecule has 0 aromatic heterocycles. The summed E-state index contributed by atoms with van der Waals surface area (Å²) in [6.07, 6.45) is 0. The van der Waals surface area contributed by atoms with Gasteiger partial charge < -0.3 is 5.73 Å². The number of amides is 2. The van der Waals surface area contributed by atoms with Crippen LogP contribution < -0.4 is 10.6 Å². The third kappa shape index (κ3) is 3.56. The van der Waals surface area contributed by atoms with Gasteiger partial charge in [0.05, 0.1) is 0 Å². The summed E-state index contributed by atoms with van der Waals surface area (Å²) < 4.78 is 136. The maximum absolute atomic E-state index is 14.0. The van der Waals surface area contributed by atoms with Crippen LogP contribution >= 0.6 is 11.8 Å². The Bertz CT molecular complexity index is 934. The molecule has 0 fully saturated rings. The standard InChI is InChI=1S/C14H2F10N2O2S/c15-1-3(17)7(21)11(8(22)4(1)18)26(14(28)29-13(25)27)12-9(23)5(19)2(16)6(20)10(12)24/h(H2,25,27). The van der Waals surface area contributed by atoms with Crippen molar-refractivity contribution in [3.05, 3.63) is 58.2 Å². The molecule has 29 heavy (non-hydrogen) atoms. The van der Waals surface area contributed by atoms with Crippen LogP contribution in [0.4, 0.5) is 64.9 Å². The summed E-state index contributed by atoms with van der Waals surface area (Å²) in [7, 11) is 0. The highest BCUT2D eigenvalue weighted by molar-refractivity contribution is 8.26. The average molecular weight is 452 g/mol. The highest BCUT2D eigenvalue weighted by Crippen LogP contribution is 2.40. The highest BCUT2D eigenvalue weighted by atomic mass is 32.2. The highest BCUT2D eigenvalue weighted by Gasteiger charge is 2.39. The van der Waals surface area contributed by atoms with E-state index in [1.807, 2.05) is 0 Å². The smallest absolute Gasteiger partial charge is 0.300 e. The number of rotatable bonds is 2. The number of carbonyl (C=O) groups excluding carboxylic acids is 2. The normalized spacial score (nSPS) is 11.0. The molecular weight excluding hydrogens is 450 g/mol. The number of thioether (sulfide) groups is 1. The van der Waals surface area contributed by atoms with Gasteiger partial charge in [-0.15, -0.1) is 0 Å². The second-order valence-corrected chi connectivity index (χ2v) is 5.82. The first kappa shape index (κ1) is 22.3. The molecule has 2 aromatic carbocycles. The van der Waals surface area contributed by atoms with E-state index in [4.69, 9.17) is 0 Å². The Morgan fingerprint density at radius 2 is 0.793 bits per heavy atom.